The van der Waals surface area contributed by atoms with E-state index in [1.807, 2.05) is 26.8 Å². The van der Waals surface area contributed by atoms with Crippen molar-refractivity contribution in [2.24, 2.45) is 16.6 Å². The molecule has 2 aromatic carbocycles. The molecule has 0 saturated heterocycles. The van der Waals surface area contributed by atoms with E-state index in [0.717, 1.165) is 4.76 Å². The Morgan fingerprint density at radius 2 is 1.83 bits per heavy atom. The molecule has 3 N–H and O–H groups in total. The van der Waals surface area contributed by atoms with Gasteiger partial charge >= 0.3 is 5.96 Å². The van der Waals surface area contributed by atoms with Crippen LogP contribution in [0.4, 0.5) is 11.4 Å². The van der Waals surface area contributed by atoms with Crippen LogP contribution in [-0.2, 0) is 4.79 Å². The molecule has 0 bridgehead atoms. The minimum atomic E-state index is -0.994. The largest absolute Gasteiger partial charge is 0.490 e. The number of rotatable bonds is 12. The molecule has 2 aromatic rings. The molecule has 0 saturated carbocycles. The fourth-order valence-corrected chi connectivity index (χ4v) is 4.07. The van der Waals surface area contributed by atoms with Crippen molar-refractivity contribution in [2.45, 2.75) is 52.2 Å². The Kier molecular flexibility index (Phi) is 8.70. The molecule has 0 radical (unpaired) electrons. The molecule has 2 unspecified atom stereocenters. The van der Waals surface area contributed by atoms with Crippen LogP contribution in [0.5, 0.6) is 5.75 Å². The van der Waals surface area contributed by atoms with Crippen LogP contribution >= 0.6 is 0 Å². The molecule has 0 aliphatic carbocycles. The Balaban J connectivity index is 1.77. The molecule has 1 aliphatic rings. The van der Waals surface area contributed by atoms with Gasteiger partial charge in [-0.1, -0.05) is 41.1 Å². The predicted octanol–water partition coefficient (Wildman–Crippen LogP) is 3.77. The van der Waals surface area contributed by atoms with Gasteiger partial charge in [0, 0.05) is 4.76 Å². The highest BCUT2D eigenvalue weighted by Gasteiger charge is 2.44. The molecule has 192 valence electrons. The van der Waals surface area contributed by atoms with E-state index >= 15 is 0 Å². The Labute approximate surface area is 211 Å². The number of ether oxygens (including phenoxy) is 1. The van der Waals surface area contributed by atoms with Gasteiger partial charge in [0.05, 0.1) is 23.6 Å². The van der Waals surface area contributed by atoms with Gasteiger partial charge in [0.15, 0.2) is 17.2 Å². The first kappa shape index (κ1) is 27.2. The lowest BCUT2D eigenvalue weighted by molar-refractivity contribution is -0.343. The molecule has 36 heavy (non-hydrogen) atoms. The fraction of sp³-hybridized carbons (Fsp3) is 0.444. The van der Waals surface area contributed by atoms with Gasteiger partial charge in [0.25, 0.3) is 0 Å². The molecule has 2 atom stereocenters. The van der Waals surface area contributed by atoms with Crippen molar-refractivity contribution in [2.75, 3.05) is 19.7 Å². The number of guanidine groups is 1. The molecule has 9 nitrogen and oxygen atoms in total. The summed E-state index contributed by atoms with van der Waals surface area (Å²) in [5.41, 5.74) is 6.42. The highest BCUT2D eigenvalue weighted by atomic mass is 16.5. The number of β-amino-alcohol motifs (C(OH)–C–C–N with tert-alkyl or cyclic N) is 1. The average molecular weight is 496 g/mol. The molecule has 0 spiro atoms. The Hall–Kier alpha value is -3.43. The number of para-hydroxylation sites is 3. The highest BCUT2D eigenvalue weighted by molar-refractivity contribution is 6.11. The zero-order valence-electron chi connectivity index (χ0n) is 21.3. The third-order valence-electron chi connectivity index (χ3n) is 6.58. The number of nitrogens with zero attached hydrogens (tertiary/aromatic N) is 3. The fourth-order valence-electron chi connectivity index (χ4n) is 4.07. The number of benzene rings is 2. The monoisotopic (exact) mass is 495 g/mol. The van der Waals surface area contributed by atoms with Crippen molar-refractivity contribution in [3.05, 3.63) is 59.0 Å². The zero-order valence-corrected chi connectivity index (χ0v) is 21.3. The van der Waals surface area contributed by atoms with E-state index in [1.165, 1.54) is 6.92 Å². The number of hydrogen-bond acceptors (Lipinski definition) is 8. The minimum Gasteiger partial charge on any atom is -0.490 e. The van der Waals surface area contributed by atoms with Gasteiger partial charge in [-0.05, 0) is 64.4 Å². The van der Waals surface area contributed by atoms with Crippen LogP contribution in [0, 0.1) is 10.8 Å². The van der Waals surface area contributed by atoms with E-state index in [1.54, 1.807) is 47.4 Å². The topological polar surface area (TPSA) is 125 Å². The van der Waals surface area contributed by atoms with Gasteiger partial charge in [0.2, 0.25) is 0 Å². The number of hydrogen-bond donors (Lipinski definition) is 2. The number of carbonyl (C=O) groups excluding carboxylic acids is 2. The van der Waals surface area contributed by atoms with Gasteiger partial charge in [-0.25, -0.2) is 0 Å². The second-order valence-electron chi connectivity index (χ2n) is 9.54. The van der Waals surface area contributed by atoms with Crippen LogP contribution in [-0.4, -0.2) is 63.6 Å². The van der Waals surface area contributed by atoms with Gasteiger partial charge in [-0.2, -0.15) is 0 Å². The Bertz CT molecular complexity index is 1160. The second-order valence-corrected chi connectivity index (χ2v) is 9.54. The van der Waals surface area contributed by atoms with Crippen LogP contribution in [0.1, 0.15) is 50.9 Å². The number of aliphatic hydroxyl groups excluding tert-OH is 1. The lowest BCUT2D eigenvalue weighted by Crippen LogP contribution is -2.53. The Morgan fingerprint density at radius 1 is 1.17 bits per heavy atom. The number of Topliss-reactive ketones (excluding diaryl/α,β-unsaturated/α-hetero) is 2. The number of aliphatic hydroxyl groups is 1. The number of carbonyl (C=O) groups is 2. The quantitative estimate of drug-likeness (QED) is 0.261. The summed E-state index contributed by atoms with van der Waals surface area (Å²) < 4.78 is 6.64. The molecule has 0 aromatic heterocycles. The zero-order chi connectivity index (χ0) is 26.5. The lowest BCUT2D eigenvalue weighted by atomic mass is 9.91. The third kappa shape index (κ3) is 5.85. The molecule has 1 aliphatic heterocycles. The van der Waals surface area contributed by atoms with Crippen molar-refractivity contribution in [3.8, 4) is 5.75 Å². The average Bonchev–Trinajstić information content (AvgIpc) is 3.20. The number of fused-ring (bicyclic) bond motifs is 1. The van der Waals surface area contributed by atoms with E-state index < -0.39 is 17.6 Å². The number of ketones is 2. The first-order valence-corrected chi connectivity index (χ1v) is 12.2. The second kappa shape index (κ2) is 11.5. The van der Waals surface area contributed by atoms with Crippen LogP contribution in [0.2, 0.25) is 0 Å². The van der Waals surface area contributed by atoms with E-state index in [2.05, 4.69) is 4.99 Å². The van der Waals surface area contributed by atoms with E-state index in [-0.39, 0.29) is 55.0 Å². The number of nitroso groups, excluding NO2 is 1. The minimum absolute atomic E-state index is 0.0890. The first-order chi connectivity index (χ1) is 17.1. The van der Waals surface area contributed by atoms with Crippen LogP contribution < -0.4 is 10.5 Å². The van der Waals surface area contributed by atoms with Gasteiger partial charge < -0.3 is 15.6 Å². The maximum atomic E-state index is 13.0. The van der Waals surface area contributed by atoms with E-state index in [0.29, 0.717) is 17.8 Å². The molecule has 9 heteroatoms. The standard InChI is InChI=1S/C27H35N4O5/c1-5-27(3,4)30(26-29-22-11-7-8-12-23(22)31(26)35)16-19(33)17-36-24-13-9-6-10-21(24)25(34)20(14-15-28)18(2)32/h6-13,19-20,33H,5,14-17,28H2,1-4H3/q+1. The maximum absolute atomic E-state index is 13.0. The summed E-state index contributed by atoms with van der Waals surface area (Å²) in [7, 11) is 0. The molecule has 3 rings (SSSR count). The van der Waals surface area contributed by atoms with Crippen LogP contribution in [0.3, 0.4) is 0 Å². The van der Waals surface area contributed by atoms with Crippen molar-refractivity contribution >= 4 is 28.9 Å². The number of aliphatic imine (C=N–C) groups is 1. The summed E-state index contributed by atoms with van der Waals surface area (Å²) in [5, 5.41) is 10.9. The summed E-state index contributed by atoms with van der Waals surface area (Å²) in [6.45, 7) is 7.51. The van der Waals surface area contributed by atoms with E-state index in [4.69, 9.17) is 10.5 Å². The summed E-state index contributed by atoms with van der Waals surface area (Å²) >= 11 is 0. The van der Waals surface area contributed by atoms with Crippen molar-refractivity contribution in [3.63, 3.8) is 0 Å². The summed E-state index contributed by atoms with van der Waals surface area (Å²) in [5.74, 6) is -0.952. The van der Waals surface area contributed by atoms with Gasteiger partial charge in [-0.3, -0.25) is 14.5 Å². The lowest BCUT2D eigenvalue weighted by Gasteiger charge is -2.34. The van der Waals surface area contributed by atoms with Crippen molar-refractivity contribution in [1.29, 1.82) is 0 Å². The normalized spacial score (nSPS) is 14.6. The third-order valence-corrected chi connectivity index (χ3v) is 6.58. The molecule has 0 amide bonds. The van der Waals surface area contributed by atoms with Crippen LogP contribution in [0.25, 0.3) is 0 Å². The predicted molar refractivity (Wildman–Crippen MR) is 138 cm³/mol. The Morgan fingerprint density at radius 3 is 2.47 bits per heavy atom. The van der Waals surface area contributed by atoms with Gasteiger partial charge in [0.1, 0.15) is 24.2 Å². The molecular formula is C27H35N4O5+. The van der Waals surface area contributed by atoms with Crippen molar-refractivity contribution in [1.82, 2.24) is 4.90 Å². The summed E-state index contributed by atoms with van der Waals surface area (Å²) in [6, 6.07) is 13.7. The molecule has 0 fully saturated rings. The van der Waals surface area contributed by atoms with E-state index in [9.17, 15) is 19.6 Å². The van der Waals surface area contributed by atoms with Crippen molar-refractivity contribution < 1.29 is 24.2 Å². The molecular weight excluding hydrogens is 460 g/mol. The summed E-state index contributed by atoms with van der Waals surface area (Å²) in [6.07, 6.45) is -0.0386. The van der Waals surface area contributed by atoms with Crippen LogP contribution in [0.15, 0.2) is 53.5 Å². The SMILES string of the molecule is CCC(C)(C)N(CC(O)COc1ccccc1C(=O)C(CCN)C(C)=O)C1=Nc2ccccc2[N+]1=O. The van der Waals surface area contributed by atoms with Gasteiger partial charge in [-0.15, -0.1) is 0 Å². The summed E-state index contributed by atoms with van der Waals surface area (Å²) in [4.78, 5) is 44.4. The maximum Gasteiger partial charge on any atom is 0.436 e. The first-order valence-electron chi connectivity index (χ1n) is 12.2. The molecule has 1 heterocycles. The highest BCUT2D eigenvalue weighted by Crippen LogP contribution is 2.35. The smallest absolute Gasteiger partial charge is 0.436 e. The number of nitrogens with two attached hydrogens (primary N) is 1.